The summed E-state index contributed by atoms with van der Waals surface area (Å²) in [4.78, 5) is 0. The highest BCUT2D eigenvalue weighted by molar-refractivity contribution is 6.64. The van der Waals surface area contributed by atoms with Crippen LogP contribution in [0.25, 0.3) is 0 Å². The molecule has 0 saturated carbocycles. The smallest absolute Gasteiger partial charge is 0.373 e. The largest absolute Gasteiger partial charge is 0.512 e. The molecule has 0 fully saturated rings. The van der Waals surface area contributed by atoms with Crippen molar-refractivity contribution in [2.45, 2.75) is 40.2 Å². The van der Waals surface area contributed by atoms with Crippen molar-refractivity contribution in [3.63, 3.8) is 0 Å². The molecule has 0 saturated heterocycles. The molecule has 0 radical (unpaired) electrons. The van der Waals surface area contributed by atoms with E-state index >= 15 is 0 Å². The molecule has 0 amide bonds. The minimum absolute atomic E-state index is 0.197. The van der Waals surface area contributed by atoms with Crippen LogP contribution in [-0.4, -0.2) is 28.6 Å². The Hall–Kier alpha value is -0.423. The highest BCUT2D eigenvalue weighted by atomic mass is 28.4. The standard InChI is InChI=1S/C13H24O3Si/c1-6-14-17(15-7-2,16-8-3)13-11(4)9-10-12(13)5/h9-10,13H,6-8H2,1-5H3. The van der Waals surface area contributed by atoms with Crippen molar-refractivity contribution in [1.82, 2.24) is 0 Å². The Bertz CT molecular complexity index is 275. The average Bonchev–Trinajstić information content (AvgIpc) is 2.60. The van der Waals surface area contributed by atoms with Crippen LogP contribution in [0.2, 0.25) is 5.54 Å². The van der Waals surface area contributed by atoms with E-state index in [1.807, 2.05) is 20.8 Å². The SMILES string of the molecule is CCO[Si](OCC)(OCC)C1C(C)=CC=C1C. The summed E-state index contributed by atoms with van der Waals surface area (Å²) in [7, 11) is -2.63. The average molecular weight is 256 g/mol. The summed E-state index contributed by atoms with van der Waals surface area (Å²) >= 11 is 0. The van der Waals surface area contributed by atoms with Crippen LogP contribution in [0.5, 0.6) is 0 Å². The predicted molar refractivity (Wildman–Crippen MR) is 71.9 cm³/mol. The summed E-state index contributed by atoms with van der Waals surface area (Å²) in [6.45, 7) is 12.1. The minimum Gasteiger partial charge on any atom is -0.373 e. The van der Waals surface area contributed by atoms with Crippen molar-refractivity contribution < 1.29 is 13.3 Å². The van der Waals surface area contributed by atoms with Gasteiger partial charge in [0.2, 0.25) is 0 Å². The van der Waals surface area contributed by atoms with Crippen LogP contribution in [0.1, 0.15) is 34.6 Å². The molecule has 0 heterocycles. The van der Waals surface area contributed by atoms with E-state index < -0.39 is 8.80 Å². The van der Waals surface area contributed by atoms with E-state index in [-0.39, 0.29) is 5.54 Å². The van der Waals surface area contributed by atoms with Gasteiger partial charge in [-0.05, 0) is 34.6 Å². The molecule has 17 heavy (non-hydrogen) atoms. The van der Waals surface area contributed by atoms with E-state index in [0.717, 1.165) is 0 Å². The lowest BCUT2D eigenvalue weighted by molar-refractivity contribution is 0.0674. The summed E-state index contributed by atoms with van der Waals surface area (Å²) in [6.07, 6.45) is 4.28. The third-order valence-electron chi connectivity index (χ3n) is 2.91. The zero-order valence-corrected chi connectivity index (χ0v) is 12.6. The van der Waals surface area contributed by atoms with E-state index in [1.165, 1.54) is 11.1 Å². The Morgan fingerprint density at radius 3 is 1.53 bits per heavy atom. The fourth-order valence-electron chi connectivity index (χ4n) is 2.35. The van der Waals surface area contributed by atoms with Gasteiger partial charge in [0.05, 0.1) is 5.54 Å². The first-order valence-corrected chi connectivity index (χ1v) is 8.18. The lowest BCUT2D eigenvalue weighted by Crippen LogP contribution is -2.50. The van der Waals surface area contributed by atoms with Gasteiger partial charge in [-0.1, -0.05) is 23.3 Å². The molecule has 4 heteroatoms. The molecular formula is C13H24O3Si. The number of rotatable bonds is 7. The molecule has 1 aliphatic rings. The van der Waals surface area contributed by atoms with Crippen LogP contribution in [-0.2, 0) is 13.3 Å². The molecule has 0 bridgehead atoms. The zero-order chi connectivity index (χ0) is 12.9. The predicted octanol–water partition coefficient (Wildman–Crippen LogP) is 3.31. The molecule has 3 nitrogen and oxygen atoms in total. The number of allylic oxidation sites excluding steroid dienone is 4. The van der Waals surface area contributed by atoms with Gasteiger partial charge in [0.25, 0.3) is 0 Å². The molecule has 98 valence electrons. The summed E-state index contributed by atoms with van der Waals surface area (Å²) in [5, 5.41) is 0. The highest BCUT2D eigenvalue weighted by Crippen LogP contribution is 2.41. The van der Waals surface area contributed by atoms with E-state index in [9.17, 15) is 0 Å². The Morgan fingerprint density at radius 2 is 1.24 bits per heavy atom. The van der Waals surface area contributed by atoms with Gasteiger partial charge in [-0.3, -0.25) is 0 Å². The fourth-order valence-corrected chi connectivity index (χ4v) is 5.62. The molecule has 0 aromatic heterocycles. The Labute approximate surface area is 106 Å². The molecule has 0 spiro atoms. The normalized spacial score (nSPS) is 17.2. The molecule has 0 aromatic rings. The van der Waals surface area contributed by atoms with E-state index in [4.69, 9.17) is 13.3 Å². The van der Waals surface area contributed by atoms with Crippen LogP contribution in [0.15, 0.2) is 23.3 Å². The van der Waals surface area contributed by atoms with Crippen LogP contribution >= 0.6 is 0 Å². The Kier molecular flexibility index (Phi) is 5.59. The summed E-state index contributed by atoms with van der Waals surface area (Å²) in [5.41, 5.74) is 2.76. The van der Waals surface area contributed by atoms with Gasteiger partial charge in [-0.25, -0.2) is 0 Å². The maximum absolute atomic E-state index is 5.95. The van der Waals surface area contributed by atoms with E-state index in [1.54, 1.807) is 0 Å². The maximum atomic E-state index is 5.95. The number of hydrogen-bond acceptors (Lipinski definition) is 3. The highest BCUT2D eigenvalue weighted by Gasteiger charge is 2.51. The Morgan fingerprint density at radius 1 is 0.882 bits per heavy atom. The second-order valence-electron chi connectivity index (χ2n) is 4.16. The molecular weight excluding hydrogens is 232 g/mol. The topological polar surface area (TPSA) is 27.7 Å². The molecule has 1 aliphatic carbocycles. The molecule has 0 N–H and O–H groups in total. The first-order valence-electron chi connectivity index (χ1n) is 6.38. The quantitative estimate of drug-likeness (QED) is 0.654. The van der Waals surface area contributed by atoms with Crippen LogP contribution in [0.4, 0.5) is 0 Å². The van der Waals surface area contributed by atoms with Gasteiger partial charge < -0.3 is 13.3 Å². The Balaban J connectivity index is 3.02. The van der Waals surface area contributed by atoms with Crippen molar-refractivity contribution in [2.24, 2.45) is 0 Å². The van der Waals surface area contributed by atoms with E-state index in [2.05, 4.69) is 26.0 Å². The van der Waals surface area contributed by atoms with Gasteiger partial charge in [-0.15, -0.1) is 0 Å². The first-order chi connectivity index (χ1) is 8.11. The summed E-state index contributed by atoms with van der Waals surface area (Å²) in [5.74, 6) is 0. The zero-order valence-electron chi connectivity index (χ0n) is 11.6. The monoisotopic (exact) mass is 256 g/mol. The third-order valence-corrected chi connectivity index (χ3v) is 6.60. The third kappa shape index (κ3) is 3.07. The fraction of sp³-hybridized carbons (Fsp3) is 0.692. The van der Waals surface area contributed by atoms with Crippen molar-refractivity contribution in [1.29, 1.82) is 0 Å². The van der Waals surface area contributed by atoms with Gasteiger partial charge in [0.1, 0.15) is 0 Å². The molecule has 1 rings (SSSR count). The van der Waals surface area contributed by atoms with Gasteiger partial charge in [0, 0.05) is 19.8 Å². The second kappa shape index (κ2) is 6.49. The van der Waals surface area contributed by atoms with Gasteiger partial charge in [0.15, 0.2) is 0 Å². The van der Waals surface area contributed by atoms with Crippen molar-refractivity contribution in [3.8, 4) is 0 Å². The van der Waals surface area contributed by atoms with Crippen molar-refractivity contribution in [2.75, 3.05) is 19.8 Å². The van der Waals surface area contributed by atoms with Crippen LogP contribution < -0.4 is 0 Å². The van der Waals surface area contributed by atoms with E-state index in [0.29, 0.717) is 19.8 Å². The second-order valence-corrected chi connectivity index (χ2v) is 6.81. The molecule has 0 unspecified atom stereocenters. The minimum atomic E-state index is -2.63. The van der Waals surface area contributed by atoms with Gasteiger partial charge in [-0.2, -0.15) is 0 Å². The van der Waals surface area contributed by atoms with Crippen LogP contribution in [0, 0.1) is 0 Å². The van der Waals surface area contributed by atoms with Crippen molar-refractivity contribution in [3.05, 3.63) is 23.3 Å². The van der Waals surface area contributed by atoms with Crippen LogP contribution in [0.3, 0.4) is 0 Å². The summed E-state index contributed by atoms with van der Waals surface area (Å²) < 4.78 is 17.8. The maximum Gasteiger partial charge on any atom is 0.512 e. The lowest BCUT2D eigenvalue weighted by atomic mass is 10.2. The molecule has 0 aliphatic heterocycles. The van der Waals surface area contributed by atoms with Gasteiger partial charge >= 0.3 is 8.80 Å². The first kappa shape index (κ1) is 14.6. The molecule has 0 atom stereocenters. The summed E-state index contributed by atoms with van der Waals surface area (Å²) in [6, 6.07) is 0. The number of hydrogen-bond donors (Lipinski definition) is 0. The van der Waals surface area contributed by atoms with Crippen molar-refractivity contribution >= 4 is 8.80 Å². The molecule has 0 aromatic carbocycles. The lowest BCUT2D eigenvalue weighted by Gasteiger charge is -2.35.